The molecular formula is C13H20N2. The van der Waals surface area contributed by atoms with Gasteiger partial charge in [0.05, 0.1) is 0 Å². The van der Waals surface area contributed by atoms with E-state index < -0.39 is 0 Å². The van der Waals surface area contributed by atoms with Crippen molar-refractivity contribution in [3.05, 3.63) is 48.6 Å². The van der Waals surface area contributed by atoms with Gasteiger partial charge in [-0.1, -0.05) is 36.4 Å². The second-order valence-electron chi connectivity index (χ2n) is 3.72. The molecule has 0 aliphatic rings. The fraction of sp³-hybridized carbons (Fsp3) is 0.385. The van der Waals surface area contributed by atoms with E-state index in [0.717, 1.165) is 26.2 Å². The smallest absolute Gasteiger partial charge is 0.0231 e. The third-order valence-electron chi connectivity index (χ3n) is 2.25. The van der Waals surface area contributed by atoms with Crippen molar-refractivity contribution in [1.29, 1.82) is 0 Å². The summed E-state index contributed by atoms with van der Waals surface area (Å²) >= 11 is 0. The summed E-state index contributed by atoms with van der Waals surface area (Å²) in [7, 11) is 2.14. The van der Waals surface area contributed by atoms with E-state index >= 15 is 0 Å². The van der Waals surface area contributed by atoms with Crippen molar-refractivity contribution < 1.29 is 0 Å². The molecular weight excluding hydrogens is 184 g/mol. The summed E-state index contributed by atoms with van der Waals surface area (Å²) in [6.45, 7) is 7.64. The molecule has 0 radical (unpaired) electrons. The Labute approximate surface area is 92.6 Å². The van der Waals surface area contributed by atoms with Crippen LogP contribution in [0.5, 0.6) is 0 Å². The van der Waals surface area contributed by atoms with Crippen LogP contribution in [-0.4, -0.2) is 31.6 Å². The Morgan fingerprint density at radius 3 is 2.73 bits per heavy atom. The zero-order chi connectivity index (χ0) is 10.9. The van der Waals surface area contributed by atoms with E-state index in [2.05, 4.69) is 54.2 Å². The van der Waals surface area contributed by atoms with Gasteiger partial charge in [0.25, 0.3) is 0 Å². The number of hydrogen-bond acceptors (Lipinski definition) is 2. The van der Waals surface area contributed by atoms with Crippen LogP contribution < -0.4 is 5.32 Å². The molecule has 0 atom stereocenters. The highest BCUT2D eigenvalue weighted by atomic mass is 15.1. The second kappa shape index (κ2) is 7.21. The predicted molar refractivity (Wildman–Crippen MR) is 65.8 cm³/mol. The van der Waals surface area contributed by atoms with Crippen LogP contribution in [0, 0.1) is 0 Å². The Balaban J connectivity index is 2.18. The fourth-order valence-electron chi connectivity index (χ4n) is 1.45. The van der Waals surface area contributed by atoms with E-state index in [1.54, 1.807) is 0 Å². The molecule has 82 valence electrons. The first kappa shape index (κ1) is 12.0. The summed E-state index contributed by atoms with van der Waals surface area (Å²) in [6, 6.07) is 10.5. The summed E-state index contributed by atoms with van der Waals surface area (Å²) in [5.74, 6) is 0. The molecule has 0 fully saturated rings. The molecule has 15 heavy (non-hydrogen) atoms. The van der Waals surface area contributed by atoms with Crippen molar-refractivity contribution in [3.63, 3.8) is 0 Å². The van der Waals surface area contributed by atoms with Crippen LogP contribution in [0.2, 0.25) is 0 Å². The maximum absolute atomic E-state index is 3.67. The molecule has 0 heterocycles. The van der Waals surface area contributed by atoms with Crippen LogP contribution in [0.4, 0.5) is 0 Å². The summed E-state index contributed by atoms with van der Waals surface area (Å²) in [4.78, 5) is 2.31. The Bertz CT molecular complexity index is 269. The van der Waals surface area contributed by atoms with Crippen LogP contribution >= 0.6 is 0 Å². The second-order valence-corrected chi connectivity index (χ2v) is 3.72. The van der Waals surface area contributed by atoms with Gasteiger partial charge in [-0.05, 0) is 12.6 Å². The van der Waals surface area contributed by atoms with Crippen LogP contribution in [0.3, 0.4) is 0 Å². The summed E-state index contributed by atoms with van der Waals surface area (Å²) in [5, 5.41) is 3.29. The highest BCUT2D eigenvalue weighted by Crippen LogP contribution is 2.01. The van der Waals surface area contributed by atoms with Crippen molar-refractivity contribution in [3.8, 4) is 0 Å². The molecule has 1 aromatic rings. The third kappa shape index (κ3) is 5.35. The Morgan fingerprint density at radius 2 is 2.07 bits per heavy atom. The topological polar surface area (TPSA) is 15.3 Å². The van der Waals surface area contributed by atoms with E-state index in [1.807, 2.05) is 6.08 Å². The van der Waals surface area contributed by atoms with E-state index in [-0.39, 0.29) is 0 Å². The van der Waals surface area contributed by atoms with Crippen molar-refractivity contribution in [2.45, 2.75) is 6.54 Å². The molecule has 0 unspecified atom stereocenters. The van der Waals surface area contributed by atoms with E-state index in [1.165, 1.54) is 5.56 Å². The maximum atomic E-state index is 3.67. The highest BCUT2D eigenvalue weighted by Gasteiger charge is 1.98. The monoisotopic (exact) mass is 204 g/mol. The number of hydrogen-bond donors (Lipinski definition) is 1. The Kier molecular flexibility index (Phi) is 5.74. The van der Waals surface area contributed by atoms with Gasteiger partial charge in [-0.15, -0.1) is 6.58 Å². The molecule has 1 aromatic carbocycles. The molecule has 0 saturated heterocycles. The zero-order valence-electron chi connectivity index (χ0n) is 9.45. The largest absolute Gasteiger partial charge is 0.312 e. The average Bonchev–Trinajstić information content (AvgIpc) is 2.26. The first-order chi connectivity index (χ1) is 7.33. The summed E-state index contributed by atoms with van der Waals surface area (Å²) < 4.78 is 0. The van der Waals surface area contributed by atoms with Gasteiger partial charge in [-0.2, -0.15) is 0 Å². The molecule has 2 nitrogen and oxygen atoms in total. The lowest BCUT2D eigenvalue weighted by Crippen LogP contribution is -2.28. The van der Waals surface area contributed by atoms with Crippen LogP contribution in [0.1, 0.15) is 5.56 Å². The molecule has 0 aromatic heterocycles. The highest BCUT2D eigenvalue weighted by molar-refractivity contribution is 5.14. The lowest BCUT2D eigenvalue weighted by Gasteiger charge is -2.16. The minimum atomic E-state index is 0.888. The van der Waals surface area contributed by atoms with Gasteiger partial charge in [0.2, 0.25) is 0 Å². The van der Waals surface area contributed by atoms with Crippen LogP contribution in [0.15, 0.2) is 43.0 Å². The van der Waals surface area contributed by atoms with Crippen LogP contribution in [-0.2, 0) is 6.54 Å². The molecule has 0 spiro atoms. The molecule has 0 saturated carbocycles. The molecule has 1 rings (SSSR count). The third-order valence-corrected chi connectivity index (χ3v) is 2.25. The predicted octanol–water partition coefficient (Wildman–Crippen LogP) is 1.89. The normalized spacial score (nSPS) is 10.5. The van der Waals surface area contributed by atoms with Gasteiger partial charge in [-0.3, -0.25) is 0 Å². The van der Waals surface area contributed by atoms with Gasteiger partial charge >= 0.3 is 0 Å². The maximum Gasteiger partial charge on any atom is 0.0231 e. The molecule has 2 heteroatoms. The van der Waals surface area contributed by atoms with Gasteiger partial charge in [-0.25, -0.2) is 0 Å². The molecule has 1 N–H and O–H groups in total. The van der Waals surface area contributed by atoms with Crippen molar-refractivity contribution in [2.75, 3.05) is 26.7 Å². The fourth-order valence-corrected chi connectivity index (χ4v) is 1.45. The van der Waals surface area contributed by atoms with E-state index in [9.17, 15) is 0 Å². The van der Waals surface area contributed by atoms with E-state index in [4.69, 9.17) is 0 Å². The number of likely N-dealkylation sites (N-methyl/N-ethyl adjacent to an activating group) is 1. The van der Waals surface area contributed by atoms with Crippen molar-refractivity contribution in [1.82, 2.24) is 10.2 Å². The van der Waals surface area contributed by atoms with Crippen molar-refractivity contribution in [2.24, 2.45) is 0 Å². The van der Waals surface area contributed by atoms with Crippen molar-refractivity contribution >= 4 is 0 Å². The molecule has 0 bridgehead atoms. The Hall–Kier alpha value is -1.12. The average molecular weight is 204 g/mol. The van der Waals surface area contributed by atoms with Gasteiger partial charge < -0.3 is 10.2 Å². The molecule has 0 aliphatic heterocycles. The summed E-state index contributed by atoms with van der Waals surface area (Å²) in [5.41, 5.74) is 1.36. The number of rotatable bonds is 7. The zero-order valence-corrected chi connectivity index (χ0v) is 9.45. The van der Waals surface area contributed by atoms with Gasteiger partial charge in [0, 0.05) is 26.2 Å². The quantitative estimate of drug-likeness (QED) is 0.539. The first-order valence-electron chi connectivity index (χ1n) is 5.37. The number of nitrogens with zero attached hydrogens (tertiary/aromatic N) is 1. The van der Waals surface area contributed by atoms with Crippen LogP contribution in [0.25, 0.3) is 0 Å². The molecule has 0 amide bonds. The number of benzene rings is 1. The SMILES string of the molecule is C=CCNCCN(C)Cc1ccccc1. The summed E-state index contributed by atoms with van der Waals surface area (Å²) in [6.07, 6.45) is 1.89. The minimum absolute atomic E-state index is 0.888. The van der Waals surface area contributed by atoms with Gasteiger partial charge in [0.1, 0.15) is 0 Å². The minimum Gasteiger partial charge on any atom is -0.312 e. The first-order valence-corrected chi connectivity index (χ1v) is 5.37. The standard InChI is InChI=1S/C13H20N2/c1-3-9-14-10-11-15(2)12-13-7-5-4-6-8-13/h3-8,14H,1,9-12H2,2H3. The van der Waals surface area contributed by atoms with E-state index in [0.29, 0.717) is 0 Å². The Morgan fingerprint density at radius 1 is 1.33 bits per heavy atom. The lowest BCUT2D eigenvalue weighted by molar-refractivity contribution is 0.326. The van der Waals surface area contributed by atoms with Gasteiger partial charge in [0.15, 0.2) is 0 Å². The number of nitrogens with one attached hydrogen (secondary N) is 1. The molecule has 0 aliphatic carbocycles. The lowest BCUT2D eigenvalue weighted by atomic mass is 10.2.